The van der Waals surface area contributed by atoms with Crippen molar-refractivity contribution in [3.8, 4) is 0 Å². The molecule has 1 aliphatic carbocycles. The molecule has 0 radical (unpaired) electrons. The van der Waals surface area contributed by atoms with E-state index in [1.165, 1.54) is 0 Å². The van der Waals surface area contributed by atoms with Crippen LogP contribution in [0.25, 0.3) is 11.0 Å². The molecule has 2 atom stereocenters. The van der Waals surface area contributed by atoms with Gasteiger partial charge in [-0.25, -0.2) is 9.78 Å². The number of hydrogen-bond donors (Lipinski definition) is 4. The van der Waals surface area contributed by atoms with Crippen LogP contribution >= 0.6 is 11.6 Å². The maximum absolute atomic E-state index is 13.1. The Morgan fingerprint density at radius 3 is 2.62 bits per heavy atom. The molecule has 0 bridgehead atoms. The van der Waals surface area contributed by atoms with Crippen LogP contribution in [-0.4, -0.2) is 21.9 Å². The predicted octanol–water partition coefficient (Wildman–Crippen LogP) is 4.62. The molecule has 8 heteroatoms. The number of benzene rings is 2. The third-order valence-corrected chi connectivity index (χ3v) is 5.55. The number of carbonyl (C=O) groups is 2. The first-order valence-corrected chi connectivity index (χ1v) is 10.00. The second-order valence-electron chi connectivity index (χ2n) is 7.34. The molecule has 1 heterocycles. The molecule has 150 valence electrons. The number of primary amides is 1. The number of nitrogens with zero attached hydrogens (tertiary/aromatic N) is 1. The number of aromatic amines is 1. The zero-order valence-electron chi connectivity index (χ0n) is 15.7. The van der Waals surface area contributed by atoms with Gasteiger partial charge in [0.25, 0.3) is 0 Å². The molecule has 3 amide bonds. The number of anilines is 2. The van der Waals surface area contributed by atoms with Gasteiger partial charge in [-0.15, -0.1) is 0 Å². The van der Waals surface area contributed by atoms with Gasteiger partial charge in [-0.05, 0) is 49.2 Å². The summed E-state index contributed by atoms with van der Waals surface area (Å²) in [4.78, 5) is 32.2. The third kappa shape index (κ3) is 4.35. The second-order valence-corrected chi connectivity index (χ2v) is 7.78. The predicted molar refractivity (Wildman–Crippen MR) is 114 cm³/mol. The third-order valence-electron chi connectivity index (χ3n) is 5.31. The molecule has 0 aliphatic heterocycles. The van der Waals surface area contributed by atoms with Gasteiger partial charge in [0, 0.05) is 28.2 Å². The number of imidazole rings is 1. The molecular formula is C21H22ClN5O2. The summed E-state index contributed by atoms with van der Waals surface area (Å²) in [5, 5.41) is 6.14. The summed E-state index contributed by atoms with van der Waals surface area (Å²) in [5.74, 6) is 0.602. The number of nitrogens with two attached hydrogens (primary N) is 1. The summed E-state index contributed by atoms with van der Waals surface area (Å²) >= 11 is 6.08. The molecule has 0 saturated heterocycles. The first-order chi connectivity index (χ1) is 14.0. The van der Waals surface area contributed by atoms with Crippen molar-refractivity contribution in [2.75, 3.05) is 10.6 Å². The number of amides is 3. The van der Waals surface area contributed by atoms with Crippen LogP contribution in [0.15, 0.2) is 42.5 Å². The lowest BCUT2D eigenvalue weighted by Gasteiger charge is -2.29. The van der Waals surface area contributed by atoms with Crippen molar-refractivity contribution in [2.45, 2.75) is 31.6 Å². The number of fused-ring (bicyclic) bond motifs is 1. The lowest BCUT2D eigenvalue weighted by atomic mass is 9.78. The Labute approximate surface area is 173 Å². The number of carbonyl (C=O) groups excluding carboxylic acids is 2. The van der Waals surface area contributed by atoms with Gasteiger partial charge in [0.15, 0.2) is 0 Å². The van der Waals surface area contributed by atoms with Gasteiger partial charge in [-0.1, -0.05) is 30.5 Å². The number of H-pyrrole nitrogens is 1. The Kier molecular flexibility index (Phi) is 5.40. The molecule has 1 aromatic heterocycles. The van der Waals surface area contributed by atoms with Crippen molar-refractivity contribution in [2.24, 2.45) is 11.7 Å². The standard InChI is InChI=1S/C21H22ClN5O2/c22-12-8-9-17-18(10-12)27-19(26-17)15-6-1-2-7-16(15)20(28)24-13-4-3-5-14(11-13)25-21(23)29/h3-5,8-11,15-16H,1-2,6-7H2,(H,24,28)(H,26,27)(H3,23,25,29)/t15-,16+/m0/s1. The summed E-state index contributed by atoms with van der Waals surface area (Å²) in [5.41, 5.74) is 8.03. The Morgan fingerprint density at radius 2 is 1.83 bits per heavy atom. The molecule has 2 aromatic carbocycles. The van der Waals surface area contributed by atoms with Crippen molar-refractivity contribution < 1.29 is 9.59 Å². The van der Waals surface area contributed by atoms with E-state index in [0.29, 0.717) is 16.4 Å². The van der Waals surface area contributed by atoms with E-state index in [1.54, 1.807) is 24.3 Å². The first kappa shape index (κ1) is 19.3. The van der Waals surface area contributed by atoms with Gasteiger partial charge in [-0.3, -0.25) is 4.79 Å². The molecule has 29 heavy (non-hydrogen) atoms. The molecule has 1 saturated carbocycles. The highest BCUT2D eigenvalue weighted by Crippen LogP contribution is 2.38. The van der Waals surface area contributed by atoms with Crippen molar-refractivity contribution in [1.82, 2.24) is 9.97 Å². The van der Waals surface area contributed by atoms with Gasteiger partial charge >= 0.3 is 6.03 Å². The minimum absolute atomic E-state index is 0.0156. The van der Waals surface area contributed by atoms with Gasteiger partial charge in [0.1, 0.15) is 5.82 Å². The van der Waals surface area contributed by atoms with Crippen molar-refractivity contribution in [1.29, 1.82) is 0 Å². The minimum atomic E-state index is -0.647. The molecule has 0 unspecified atom stereocenters. The van der Waals surface area contributed by atoms with Crippen LogP contribution in [-0.2, 0) is 4.79 Å². The fourth-order valence-corrected chi connectivity index (χ4v) is 4.17. The first-order valence-electron chi connectivity index (χ1n) is 9.62. The van der Waals surface area contributed by atoms with Crippen LogP contribution in [0.2, 0.25) is 5.02 Å². The molecule has 1 fully saturated rings. The monoisotopic (exact) mass is 411 g/mol. The topological polar surface area (TPSA) is 113 Å². The van der Waals surface area contributed by atoms with E-state index in [0.717, 1.165) is 42.5 Å². The smallest absolute Gasteiger partial charge is 0.316 e. The van der Waals surface area contributed by atoms with Crippen LogP contribution < -0.4 is 16.4 Å². The van der Waals surface area contributed by atoms with Gasteiger partial charge in [0.05, 0.1) is 11.0 Å². The summed E-state index contributed by atoms with van der Waals surface area (Å²) in [6.45, 7) is 0. The number of hydrogen-bond acceptors (Lipinski definition) is 3. The van der Waals surface area contributed by atoms with E-state index < -0.39 is 6.03 Å². The molecule has 0 spiro atoms. The molecular weight excluding hydrogens is 390 g/mol. The maximum atomic E-state index is 13.1. The molecule has 5 N–H and O–H groups in total. The van der Waals surface area contributed by atoms with Crippen molar-refractivity contribution >= 4 is 45.9 Å². The highest BCUT2D eigenvalue weighted by Gasteiger charge is 2.34. The average Bonchev–Trinajstić information content (AvgIpc) is 3.10. The normalized spacial score (nSPS) is 19.1. The van der Waals surface area contributed by atoms with Gasteiger partial charge in [0.2, 0.25) is 5.91 Å². The zero-order valence-corrected chi connectivity index (χ0v) is 16.5. The highest BCUT2D eigenvalue weighted by atomic mass is 35.5. The Hall–Kier alpha value is -3.06. The van der Waals surface area contributed by atoms with Crippen LogP contribution in [0.3, 0.4) is 0 Å². The van der Waals surface area contributed by atoms with Crippen molar-refractivity contribution in [3.63, 3.8) is 0 Å². The van der Waals surface area contributed by atoms with Crippen LogP contribution in [0.4, 0.5) is 16.2 Å². The van der Waals surface area contributed by atoms with Crippen LogP contribution in [0.5, 0.6) is 0 Å². The summed E-state index contributed by atoms with van der Waals surface area (Å²) in [6.07, 6.45) is 3.76. The number of nitrogens with one attached hydrogen (secondary N) is 3. The van der Waals surface area contributed by atoms with E-state index in [9.17, 15) is 9.59 Å². The van der Waals surface area contributed by atoms with E-state index >= 15 is 0 Å². The Morgan fingerprint density at radius 1 is 1.07 bits per heavy atom. The van der Waals surface area contributed by atoms with Gasteiger partial charge in [-0.2, -0.15) is 0 Å². The van der Waals surface area contributed by atoms with Gasteiger partial charge < -0.3 is 21.4 Å². The minimum Gasteiger partial charge on any atom is -0.351 e. The summed E-state index contributed by atoms with van der Waals surface area (Å²) in [7, 11) is 0. The largest absolute Gasteiger partial charge is 0.351 e. The number of rotatable bonds is 4. The Balaban J connectivity index is 1.55. The number of halogens is 1. The summed E-state index contributed by atoms with van der Waals surface area (Å²) in [6, 6.07) is 11.8. The molecule has 4 rings (SSSR count). The quantitative estimate of drug-likeness (QED) is 0.502. The van der Waals surface area contributed by atoms with E-state index in [2.05, 4.69) is 15.6 Å². The molecule has 3 aromatic rings. The van der Waals surface area contributed by atoms with E-state index in [4.69, 9.17) is 22.3 Å². The number of aromatic nitrogens is 2. The molecule has 1 aliphatic rings. The van der Waals surface area contributed by atoms with Crippen LogP contribution in [0, 0.1) is 5.92 Å². The maximum Gasteiger partial charge on any atom is 0.316 e. The van der Waals surface area contributed by atoms with E-state index in [1.807, 2.05) is 18.2 Å². The van der Waals surface area contributed by atoms with Crippen LogP contribution in [0.1, 0.15) is 37.4 Å². The zero-order chi connectivity index (χ0) is 20.4. The average molecular weight is 412 g/mol. The fraction of sp³-hybridized carbons (Fsp3) is 0.286. The summed E-state index contributed by atoms with van der Waals surface area (Å²) < 4.78 is 0. The highest BCUT2D eigenvalue weighted by molar-refractivity contribution is 6.31. The Bertz CT molecular complexity index is 1060. The molecule has 7 nitrogen and oxygen atoms in total. The SMILES string of the molecule is NC(=O)Nc1cccc(NC(=O)[C@@H]2CCCC[C@@H]2c2nc3ccc(Cl)cc3[nH]2)c1. The lowest BCUT2D eigenvalue weighted by molar-refractivity contribution is -0.121. The lowest BCUT2D eigenvalue weighted by Crippen LogP contribution is -2.31. The fourth-order valence-electron chi connectivity index (χ4n) is 4.00. The number of urea groups is 1. The second kappa shape index (κ2) is 8.13. The van der Waals surface area contributed by atoms with E-state index in [-0.39, 0.29) is 17.7 Å². The van der Waals surface area contributed by atoms with Crippen molar-refractivity contribution in [3.05, 3.63) is 53.3 Å².